The normalized spacial score (nSPS) is 12.5. The Morgan fingerprint density at radius 3 is 1.80 bits per heavy atom. The van der Waals surface area contributed by atoms with Gasteiger partial charge in [0.25, 0.3) is 0 Å². The average Bonchev–Trinajstić information content (AvgIpc) is 2.35. The number of esters is 1. The lowest BCUT2D eigenvalue weighted by atomic mass is 9.75. The van der Waals surface area contributed by atoms with Gasteiger partial charge in [0.05, 0.1) is 38.4 Å². The van der Waals surface area contributed by atoms with Crippen molar-refractivity contribution in [2.24, 2.45) is 11.1 Å². The topological polar surface area (TPSA) is 80.0 Å². The summed E-state index contributed by atoms with van der Waals surface area (Å²) in [5.74, 6) is -0.315. The Labute approximate surface area is 121 Å². The van der Waals surface area contributed by atoms with Gasteiger partial charge in [0.1, 0.15) is 6.61 Å². The molecule has 0 heterocycles. The molecule has 0 fully saturated rings. The van der Waals surface area contributed by atoms with Crippen LogP contribution in [0.4, 0.5) is 0 Å². The minimum absolute atomic E-state index is 0.219. The Kier molecular flexibility index (Phi) is 8.96. The molecule has 20 heavy (non-hydrogen) atoms. The summed E-state index contributed by atoms with van der Waals surface area (Å²) in [6.45, 7) is 9.82. The first kappa shape index (κ1) is 19.3. The number of rotatable bonds is 11. The molecule has 0 aromatic carbocycles. The van der Waals surface area contributed by atoms with Gasteiger partial charge in [-0.05, 0) is 27.7 Å². The first-order valence-electron chi connectivity index (χ1n) is 6.84. The Balaban J connectivity index is 3.63. The number of carbonyl (C=O) groups is 1. The zero-order chi connectivity index (χ0) is 15.6. The molecule has 0 aromatic rings. The van der Waals surface area contributed by atoms with Crippen LogP contribution < -0.4 is 5.73 Å². The highest BCUT2D eigenvalue weighted by Crippen LogP contribution is 2.29. The van der Waals surface area contributed by atoms with Crippen LogP contribution in [0, 0.1) is 5.41 Å². The van der Waals surface area contributed by atoms with E-state index in [1.165, 1.54) is 0 Å². The van der Waals surface area contributed by atoms with Gasteiger partial charge in [-0.3, -0.25) is 4.79 Å². The Bertz CT molecular complexity index is 273. The van der Waals surface area contributed by atoms with Gasteiger partial charge < -0.3 is 24.7 Å². The molecule has 0 rings (SSSR count). The number of nitrogens with two attached hydrogens (primary N) is 1. The first-order chi connectivity index (χ1) is 9.23. The number of hydrogen-bond acceptors (Lipinski definition) is 6. The van der Waals surface area contributed by atoms with Crippen molar-refractivity contribution in [2.75, 3.05) is 46.8 Å². The molecule has 0 aliphatic rings. The highest BCUT2D eigenvalue weighted by Gasteiger charge is 2.41. The van der Waals surface area contributed by atoms with Gasteiger partial charge in [-0.25, -0.2) is 0 Å². The van der Waals surface area contributed by atoms with E-state index in [1.807, 2.05) is 13.8 Å². The molecule has 0 aromatic heterocycles. The van der Waals surface area contributed by atoms with Gasteiger partial charge in [0.2, 0.25) is 0 Å². The van der Waals surface area contributed by atoms with Gasteiger partial charge in [0.15, 0.2) is 0 Å². The maximum absolute atomic E-state index is 11.9. The molecular formula is C14H29NO5. The zero-order valence-corrected chi connectivity index (χ0v) is 13.4. The van der Waals surface area contributed by atoms with E-state index >= 15 is 0 Å². The molecule has 0 bridgehead atoms. The van der Waals surface area contributed by atoms with E-state index in [0.717, 1.165) is 0 Å². The molecule has 6 nitrogen and oxygen atoms in total. The second-order valence-electron chi connectivity index (χ2n) is 5.70. The monoisotopic (exact) mass is 291 g/mol. The van der Waals surface area contributed by atoms with E-state index in [9.17, 15) is 4.79 Å². The third-order valence-electron chi connectivity index (χ3n) is 3.39. The van der Waals surface area contributed by atoms with Crippen LogP contribution in [0.3, 0.4) is 0 Å². The molecule has 0 spiro atoms. The molecular weight excluding hydrogens is 262 g/mol. The smallest absolute Gasteiger partial charge is 0.313 e. The van der Waals surface area contributed by atoms with Crippen LogP contribution in [0.2, 0.25) is 0 Å². The predicted molar refractivity (Wildman–Crippen MR) is 76.5 cm³/mol. The lowest BCUT2D eigenvalue weighted by Gasteiger charge is -2.35. The van der Waals surface area contributed by atoms with E-state index in [2.05, 4.69) is 0 Å². The van der Waals surface area contributed by atoms with E-state index in [0.29, 0.717) is 33.0 Å². The Hall–Kier alpha value is -0.690. The van der Waals surface area contributed by atoms with Crippen molar-refractivity contribution in [1.82, 2.24) is 0 Å². The van der Waals surface area contributed by atoms with Gasteiger partial charge in [0, 0.05) is 12.6 Å². The molecule has 0 aliphatic carbocycles. The number of carbonyl (C=O) groups excluding carboxylic acids is 1. The number of methoxy groups -OCH3 is 1. The average molecular weight is 291 g/mol. The van der Waals surface area contributed by atoms with E-state index in [1.54, 1.807) is 21.0 Å². The van der Waals surface area contributed by atoms with Gasteiger partial charge in [-0.15, -0.1) is 0 Å². The SMILES string of the molecule is COCCOCCOCCOC(=O)C(C)(C)C(C)(C)N. The van der Waals surface area contributed by atoms with Crippen molar-refractivity contribution in [1.29, 1.82) is 0 Å². The molecule has 2 N–H and O–H groups in total. The van der Waals surface area contributed by atoms with Gasteiger partial charge in [-0.1, -0.05) is 0 Å². The van der Waals surface area contributed by atoms with Crippen LogP contribution in [0.25, 0.3) is 0 Å². The highest BCUT2D eigenvalue weighted by atomic mass is 16.6. The minimum atomic E-state index is -0.740. The van der Waals surface area contributed by atoms with E-state index in [4.69, 9.17) is 24.7 Å². The third-order valence-corrected chi connectivity index (χ3v) is 3.39. The van der Waals surface area contributed by atoms with Crippen LogP contribution >= 0.6 is 0 Å². The molecule has 0 atom stereocenters. The molecule has 0 aliphatic heterocycles. The summed E-state index contributed by atoms with van der Waals surface area (Å²) in [5.41, 5.74) is 4.59. The second-order valence-corrected chi connectivity index (χ2v) is 5.70. The minimum Gasteiger partial charge on any atom is -0.463 e. The van der Waals surface area contributed by atoms with Crippen molar-refractivity contribution >= 4 is 5.97 Å². The van der Waals surface area contributed by atoms with Crippen LogP contribution in [-0.4, -0.2) is 58.3 Å². The van der Waals surface area contributed by atoms with Crippen LogP contribution in [0.5, 0.6) is 0 Å². The summed E-state index contributed by atoms with van der Waals surface area (Å²) in [6.07, 6.45) is 0. The van der Waals surface area contributed by atoms with Crippen LogP contribution in [0.1, 0.15) is 27.7 Å². The third kappa shape index (κ3) is 7.19. The fraction of sp³-hybridized carbons (Fsp3) is 0.929. The molecule has 0 unspecified atom stereocenters. The van der Waals surface area contributed by atoms with Crippen molar-refractivity contribution in [3.63, 3.8) is 0 Å². The summed E-state index contributed by atoms with van der Waals surface area (Å²) in [7, 11) is 1.62. The largest absolute Gasteiger partial charge is 0.463 e. The van der Waals surface area contributed by atoms with Crippen molar-refractivity contribution in [3.05, 3.63) is 0 Å². The lowest BCUT2D eigenvalue weighted by Crippen LogP contribution is -2.52. The number of ether oxygens (including phenoxy) is 4. The predicted octanol–water partition coefficient (Wildman–Crippen LogP) is 0.973. The molecule has 6 heteroatoms. The number of hydrogen-bond donors (Lipinski definition) is 1. The summed E-state index contributed by atoms with van der Waals surface area (Å²) in [4.78, 5) is 11.9. The molecule has 0 saturated heterocycles. The Morgan fingerprint density at radius 1 is 0.900 bits per heavy atom. The van der Waals surface area contributed by atoms with Crippen LogP contribution in [0.15, 0.2) is 0 Å². The van der Waals surface area contributed by atoms with Crippen molar-refractivity contribution in [3.8, 4) is 0 Å². The van der Waals surface area contributed by atoms with Gasteiger partial charge >= 0.3 is 5.97 Å². The molecule has 0 saturated carbocycles. The molecule has 0 amide bonds. The summed E-state index contributed by atoms with van der Waals surface area (Å²) in [5, 5.41) is 0. The maximum Gasteiger partial charge on any atom is 0.313 e. The lowest BCUT2D eigenvalue weighted by molar-refractivity contribution is -0.159. The summed E-state index contributed by atoms with van der Waals surface area (Å²) >= 11 is 0. The zero-order valence-electron chi connectivity index (χ0n) is 13.4. The Morgan fingerprint density at radius 2 is 1.35 bits per heavy atom. The maximum atomic E-state index is 11.9. The van der Waals surface area contributed by atoms with Gasteiger partial charge in [-0.2, -0.15) is 0 Å². The van der Waals surface area contributed by atoms with E-state index in [-0.39, 0.29) is 12.6 Å². The second kappa shape index (κ2) is 9.28. The summed E-state index contributed by atoms with van der Waals surface area (Å²) in [6, 6.07) is 0. The standard InChI is InChI=1S/C14H29NO5/c1-13(2,14(3,4)15)12(16)20-11-10-19-9-8-18-7-6-17-5/h6-11,15H2,1-5H3. The first-order valence-corrected chi connectivity index (χ1v) is 6.84. The fourth-order valence-corrected chi connectivity index (χ4v) is 1.10. The quantitative estimate of drug-likeness (QED) is 0.451. The molecule has 0 radical (unpaired) electrons. The highest BCUT2D eigenvalue weighted by molar-refractivity contribution is 5.77. The van der Waals surface area contributed by atoms with Crippen molar-refractivity contribution in [2.45, 2.75) is 33.2 Å². The molecule has 120 valence electrons. The fourth-order valence-electron chi connectivity index (χ4n) is 1.10. The van der Waals surface area contributed by atoms with E-state index < -0.39 is 11.0 Å². The van der Waals surface area contributed by atoms with Crippen molar-refractivity contribution < 1.29 is 23.7 Å². The van der Waals surface area contributed by atoms with Crippen LogP contribution in [-0.2, 0) is 23.7 Å². The summed E-state index contributed by atoms with van der Waals surface area (Å²) < 4.78 is 20.5.